The molecular formula is C13H26F2N2O3S. The SMILES string of the molecule is CC(O)(CNC1CCN(S(=O)(=O)C(C)(C)C)CC1)C(F)F. The predicted octanol–water partition coefficient (Wildman–Crippen LogP) is 1.18. The van der Waals surface area contributed by atoms with Crippen LogP contribution in [0.1, 0.15) is 40.5 Å². The van der Waals surface area contributed by atoms with E-state index in [1.165, 1.54) is 4.31 Å². The van der Waals surface area contributed by atoms with Gasteiger partial charge in [-0.25, -0.2) is 21.5 Å². The van der Waals surface area contributed by atoms with Crippen LogP contribution in [0.5, 0.6) is 0 Å². The van der Waals surface area contributed by atoms with Gasteiger partial charge >= 0.3 is 0 Å². The van der Waals surface area contributed by atoms with E-state index in [0.29, 0.717) is 25.9 Å². The molecule has 1 aliphatic heterocycles. The molecule has 1 saturated heterocycles. The van der Waals surface area contributed by atoms with Gasteiger partial charge in [0.15, 0.2) is 0 Å². The highest BCUT2D eigenvalue weighted by Gasteiger charge is 2.38. The van der Waals surface area contributed by atoms with E-state index in [2.05, 4.69) is 5.32 Å². The minimum atomic E-state index is -3.34. The molecule has 1 atom stereocenters. The number of rotatable bonds is 5. The number of hydrogen-bond acceptors (Lipinski definition) is 4. The average molecular weight is 328 g/mol. The molecule has 2 N–H and O–H groups in total. The minimum Gasteiger partial charge on any atom is -0.383 e. The molecule has 0 radical (unpaired) electrons. The molecule has 1 fully saturated rings. The summed E-state index contributed by atoms with van der Waals surface area (Å²) in [4.78, 5) is 0. The van der Waals surface area contributed by atoms with Gasteiger partial charge < -0.3 is 10.4 Å². The van der Waals surface area contributed by atoms with Crippen LogP contribution in [0.4, 0.5) is 8.78 Å². The lowest BCUT2D eigenvalue weighted by Gasteiger charge is -2.36. The topological polar surface area (TPSA) is 69.6 Å². The molecule has 1 rings (SSSR count). The highest BCUT2D eigenvalue weighted by Crippen LogP contribution is 2.24. The summed E-state index contributed by atoms with van der Waals surface area (Å²) in [6.45, 7) is 6.60. The van der Waals surface area contributed by atoms with Crippen LogP contribution in [-0.2, 0) is 10.0 Å². The molecule has 0 saturated carbocycles. The fourth-order valence-electron chi connectivity index (χ4n) is 2.12. The Balaban J connectivity index is 2.51. The Bertz CT molecular complexity index is 439. The molecule has 0 aromatic heterocycles. The van der Waals surface area contributed by atoms with Crippen molar-refractivity contribution in [2.75, 3.05) is 19.6 Å². The number of aliphatic hydroxyl groups is 1. The number of nitrogens with one attached hydrogen (secondary N) is 1. The first-order valence-corrected chi connectivity index (χ1v) is 8.55. The summed E-state index contributed by atoms with van der Waals surface area (Å²) in [7, 11) is -3.34. The Morgan fingerprint density at radius 1 is 1.24 bits per heavy atom. The van der Waals surface area contributed by atoms with Crippen molar-refractivity contribution in [2.24, 2.45) is 0 Å². The van der Waals surface area contributed by atoms with E-state index in [1.807, 2.05) is 0 Å². The second kappa shape index (κ2) is 6.44. The molecule has 5 nitrogen and oxygen atoms in total. The van der Waals surface area contributed by atoms with Gasteiger partial charge in [0.1, 0.15) is 5.60 Å². The van der Waals surface area contributed by atoms with Gasteiger partial charge in [-0.05, 0) is 40.5 Å². The first kappa shape index (κ1) is 18.7. The summed E-state index contributed by atoms with van der Waals surface area (Å²) in [6, 6.07) is -0.0540. The Morgan fingerprint density at radius 2 is 1.71 bits per heavy atom. The maximum atomic E-state index is 12.5. The molecule has 8 heteroatoms. The maximum Gasteiger partial charge on any atom is 0.267 e. The highest BCUT2D eigenvalue weighted by atomic mass is 32.2. The third-order valence-corrected chi connectivity index (χ3v) is 6.38. The van der Waals surface area contributed by atoms with Crippen LogP contribution < -0.4 is 5.32 Å². The number of halogens is 2. The molecule has 1 unspecified atom stereocenters. The monoisotopic (exact) mass is 328 g/mol. The smallest absolute Gasteiger partial charge is 0.267 e. The van der Waals surface area contributed by atoms with E-state index in [4.69, 9.17) is 0 Å². The van der Waals surface area contributed by atoms with Crippen LogP contribution in [0.2, 0.25) is 0 Å². The Kier molecular flexibility index (Phi) is 5.74. The number of piperidine rings is 1. The standard InChI is InChI=1S/C13H26F2N2O3S/c1-12(2,3)21(19,20)17-7-5-10(6-8-17)16-9-13(4,18)11(14)15/h10-11,16,18H,5-9H2,1-4H3. The zero-order valence-corrected chi connectivity index (χ0v) is 13.9. The molecule has 21 heavy (non-hydrogen) atoms. The van der Waals surface area contributed by atoms with Crippen molar-refractivity contribution in [2.45, 2.75) is 63.4 Å². The van der Waals surface area contributed by atoms with Crippen molar-refractivity contribution in [1.82, 2.24) is 9.62 Å². The second-order valence-electron chi connectivity index (χ2n) is 6.83. The lowest BCUT2D eigenvalue weighted by atomic mass is 10.0. The van der Waals surface area contributed by atoms with Crippen LogP contribution in [0.3, 0.4) is 0 Å². The molecule has 1 heterocycles. The lowest BCUT2D eigenvalue weighted by molar-refractivity contribution is -0.0824. The van der Waals surface area contributed by atoms with E-state index in [0.717, 1.165) is 6.92 Å². The third kappa shape index (κ3) is 4.58. The summed E-state index contributed by atoms with van der Waals surface area (Å²) in [5, 5.41) is 12.4. The zero-order chi connectivity index (χ0) is 16.5. The number of alkyl halides is 2. The molecule has 0 aliphatic carbocycles. The van der Waals surface area contributed by atoms with E-state index in [9.17, 15) is 22.3 Å². The van der Waals surface area contributed by atoms with Gasteiger partial charge in [0, 0.05) is 25.7 Å². The highest BCUT2D eigenvalue weighted by molar-refractivity contribution is 7.90. The van der Waals surface area contributed by atoms with E-state index in [-0.39, 0.29) is 12.6 Å². The van der Waals surface area contributed by atoms with Crippen molar-refractivity contribution in [3.63, 3.8) is 0 Å². The summed E-state index contributed by atoms with van der Waals surface area (Å²) in [5.74, 6) is 0. The molecule has 0 aromatic rings. The van der Waals surface area contributed by atoms with Gasteiger partial charge in [0.2, 0.25) is 10.0 Å². The molecular weight excluding hydrogens is 302 g/mol. The van der Waals surface area contributed by atoms with Crippen molar-refractivity contribution in [1.29, 1.82) is 0 Å². The third-order valence-electron chi connectivity index (χ3n) is 3.79. The van der Waals surface area contributed by atoms with Gasteiger partial charge in [0.05, 0.1) is 4.75 Å². The van der Waals surface area contributed by atoms with E-state index < -0.39 is 26.8 Å². The summed E-state index contributed by atoms with van der Waals surface area (Å²) in [6.07, 6.45) is -1.71. The molecule has 0 bridgehead atoms. The van der Waals surface area contributed by atoms with Gasteiger partial charge in [-0.15, -0.1) is 0 Å². The summed E-state index contributed by atoms with van der Waals surface area (Å²) >= 11 is 0. The van der Waals surface area contributed by atoms with Crippen LogP contribution in [0.25, 0.3) is 0 Å². The Labute approximate surface area is 125 Å². The fraction of sp³-hybridized carbons (Fsp3) is 1.00. The number of sulfonamides is 1. The molecule has 1 aliphatic rings. The first-order chi connectivity index (χ1) is 9.38. The number of hydrogen-bond donors (Lipinski definition) is 2. The summed E-state index contributed by atoms with van der Waals surface area (Å²) < 4.78 is 50.3. The first-order valence-electron chi connectivity index (χ1n) is 7.11. The van der Waals surface area contributed by atoms with Gasteiger partial charge in [-0.1, -0.05) is 0 Å². The minimum absolute atomic E-state index is 0.0540. The normalized spacial score (nSPS) is 22.5. The molecule has 126 valence electrons. The Hall–Kier alpha value is -0.310. The predicted molar refractivity (Wildman–Crippen MR) is 77.9 cm³/mol. The largest absolute Gasteiger partial charge is 0.383 e. The van der Waals surface area contributed by atoms with Crippen LogP contribution in [0.15, 0.2) is 0 Å². The van der Waals surface area contributed by atoms with Crippen molar-refractivity contribution < 1.29 is 22.3 Å². The second-order valence-corrected chi connectivity index (χ2v) is 9.52. The molecule has 0 amide bonds. The average Bonchev–Trinajstić information content (AvgIpc) is 2.35. The van der Waals surface area contributed by atoms with Crippen LogP contribution >= 0.6 is 0 Å². The maximum absolute atomic E-state index is 12.5. The number of nitrogens with zero attached hydrogens (tertiary/aromatic N) is 1. The van der Waals surface area contributed by atoms with Gasteiger partial charge in [-0.2, -0.15) is 0 Å². The van der Waals surface area contributed by atoms with Crippen molar-refractivity contribution in [3.05, 3.63) is 0 Å². The van der Waals surface area contributed by atoms with Gasteiger partial charge in [-0.3, -0.25) is 0 Å². The zero-order valence-electron chi connectivity index (χ0n) is 13.1. The fourth-order valence-corrected chi connectivity index (χ4v) is 3.58. The van der Waals surface area contributed by atoms with Crippen molar-refractivity contribution >= 4 is 10.0 Å². The van der Waals surface area contributed by atoms with Crippen LogP contribution in [0, 0.1) is 0 Å². The van der Waals surface area contributed by atoms with Gasteiger partial charge in [0.25, 0.3) is 6.43 Å². The van der Waals surface area contributed by atoms with Crippen molar-refractivity contribution in [3.8, 4) is 0 Å². The molecule has 0 spiro atoms. The molecule has 0 aromatic carbocycles. The quantitative estimate of drug-likeness (QED) is 0.795. The summed E-state index contributed by atoms with van der Waals surface area (Å²) in [5.41, 5.74) is -2.06. The Morgan fingerprint density at radius 3 is 2.10 bits per heavy atom. The van der Waals surface area contributed by atoms with E-state index in [1.54, 1.807) is 20.8 Å². The van der Waals surface area contributed by atoms with E-state index >= 15 is 0 Å². The lowest BCUT2D eigenvalue weighted by Crippen LogP contribution is -2.52. The van der Waals surface area contributed by atoms with Crippen LogP contribution in [-0.4, -0.2) is 60.3 Å².